The Morgan fingerprint density at radius 1 is 1.06 bits per heavy atom. The highest BCUT2D eigenvalue weighted by molar-refractivity contribution is 6.32. The number of likely N-dealkylation sites (tertiary alicyclic amines) is 1. The van der Waals surface area contributed by atoms with Gasteiger partial charge in [-0.15, -0.1) is 0 Å². The quantitative estimate of drug-likeness (QED) is 0.592. The van der Waals surface area contributed by atoms with E-state index in [1.165, 1.54) is 0 Å². The lowest BCUT2D eigenvalue weighted by atomic mass is 9.85. The molecule has 1 N–H and O–H groups in total. The van der Waals surface area contributed by atoms with Crippen LogP contribution in [0.25, 0.3) is 22.6 Å². The molecular weight excluding hydrogens is 408 g/mol. The molecule has 0 bridgehead atoms. The van der Waals surface area contributed by atoms with Gasteiger partial charge in [0.05, 0.1) is 22.9 Å². The van der Waals surface area contributed by atoms with Crippen molar-refractivity contribution in [3.05, 3.63) is 75.9 Å². The number of hydrogen-bond acceptors (Lipinski definition) is 3. The third-order valence-corrected chi connectivity index (χ3v) is 6.72. The molecule has 158 valence electrons. The molecule has 0 atom stereocenters. The molecule has 2 aliphatic rings. The van der Waals surface area contributed by atoms with Gasteiger partial charge in [-0.3, -0.25) is 4.79 Å². The average Bonchev–Trinajstić information content (AvgIpc) is 2.79. The molecule has 0 saturated carbocycles. The lowest BCUT2D eigenvalue weighted by molar-refractivity contribution is 0.0547. The van der Waals surface area contributed by atoms with E-state index in [2.05, 4.69) is 6.08 Å². The number of piperidine rings is 1. The first-order valence-electron chi connectivity index (χ1n) is 11.0. The zero-order valence-corrected chi connectivity index (χ0v) is 18.1. The Kier molecular flexibility index (Phi) is 5.51. The summed E-state index contributed by atoms with van der Waals surface area (Å²) in [5.74, 6) is 0.0562. The highest BCUT2D eigenvalue weighted by Gasteiger charge is 2.29. The number of hydrogen-bond donors (Lipinski definition) is 1. The second-order valence-corrected chi connectivity index (χ2v) is 8.81. The summed E-state index contributed by atoms with van der Waals surface area (Å²) >= 11 is 6.41. The van der Waals surface area contributed by atoms with Gasteiger partial charge in [-0.1, -0.05) is 48.0 Å². The number of rotatable bonds is 2. The minimum atomic E-state index is -0.308. The Balaban J connectivity index is 1.66. The topological polar surface area (TPSA) is 53.4 Å². The van der Waals surface area contributed by atoms with Crippen LogP contribution in [0.1, 0.15) is 52.9 Å². The number of benzene rings is 2. The van der Waals surface area contributed by atoms with E-state index < -0.39 is 0 Å². The van der Waals surface area contributed by atoms with Crippen LogP contribution in [0.15, 0.2) is 48.5 Å². The lowest BCUT2D eigenvalue weighted by Crippen LogP contribution is -2.40. The minimum Gasteiger partial charge on any atom is -0.393 e. The molecule has 5 heteroatoms. The summed E-state index contributed by atoms with van der Waals surface area (Å²) in [6.07, 6.45) is 5.80. The maximum Gasteiger partial charge on any atom is 0.254 e. The van der Waals surface area contributed by atoms with Crippen LogP contribution >= 0.6 is 11.6 Å². The summed E-state index contributed by atoms with van der Waals surface area (Å²) in [4.78, 5) is 20.6. The van der Waals surface area contributed by atoms with Crippen molar-refractivity contribution in [2.24, 2.45) is 0 Å². The van der Waals surface area contributed by atoms with Gasteiger partial charge in [0, 0.05) is 23.5 Å². The number of fused-ring (bicyclic) bond motifs is 2. The fourth-order valence-electron chi connectivity index (χ4n) is 4.73. The number of para-hydroxylation sites is 1. The summed E-state index contributed by atoms with van der Waals surface area (Å²) in [5, 5.41) is 11.5. The summed E-state index contributed by atoms with van der Waals surface area (Å²) in [7, 11) is 0. The maximum atomic E-state index is 13.7. The number of pyridine rings is 1. The molecule has 3 aromatic rings. The summed E-state index contributed by atoms with van der Waals surface area (Å²) < 4.78 is 0. The average molecular weight is 433 g/mol. The standard InChI is InChI=1S/C26H25ClN2O2/c27-22-10-3-1-6-17(22)16-18-7-5-9-21-24(26(31)29-14-12-19(30)13-15-29)20-8-2-4-11-23(20)28-25(18)21/h1-4,6,8,10-11,16,19,30H,5,7,9,12-15H2/b18-16-. The van der Waals surface area contributed by atoms with E-state index in [0.29, 0.717) is 31.0 Å². The van der Waals surface area contributed by atoms with Crippen LogP contribution in [-0.4, -0.2) is 40.1 Å². The molecule has 0 radical (unpaired) electrons. The number of nitrogens with zero attached hydrogens (tertiary/aromatic N) is 2. The van der Waals surface area contributed by atoms with Gasteiger partial charge in [0.25, 0.3) is 5.91 Å². The smallest absolute Gasteiger partial charge is 0.254 e. The predicted molar refractivity (Wildman–Crippen MR) is 125 cm³/mol. The van der Waals surface area contributed by atoms with E-state index in [1.807, 2.05) is 53.4 Å². The Hall–Kier alpha value is -2.69. The Morgan fingerprint density at radius 3 is 2.61 bits per heavy atom. The van der Waals surface area contributed by atoms with Crippen molar-refractivity contribution < 1.29 is 9.90 Å². The summed E-state index contributed by atoms with van der Waals surface area (Å²) in [6.45, 7) is 1.18. The molecule has 2 heterocycles. The largest absolute Gasteiger partial charge is 0.393 e. The third-order valence-electron chi connectivity index (χ3n) is 6.37. The van der Waals surface area contributed by atoms with Gasteiger partial charge in [-0.25, -0.2) is 4.98 Å². The van der Waals surface area contributed by atoms with Crippen molar-refractivity contribution in [1.29, 1.82) is 0 Å². The molecular formula is C26H25ClN2O2. The van der Waals surface area contributed by atoms with Crippen molar-refractivity contribution in [3.8, 4) is 0 Å². The van der Waals surface area contributed by atoms with Crippen molar-refractivity contribution in [1.82, 2.24) is 9.88 Å². The molecule has 1 aliphatic heterocycles. The molecule has 1 aliphatic carbocycles. The number of aliphatic hydroxyl groups excluding tert-OH is 1. The zero-order chi connectivity index (χ0) is 21.4. The number of halogens is 1. The van der Waals surface area contributed by atoms with Crippen LogP contribution in [0.3, 0.4) is 0 Å². The molecule has 1 saturated heterocycles. The van der Waals surface area contributed by atoms with Crippen LogP contribution in [0.5, 0.6) is 0 Å². The molecule has 1 amide bonds. The van der Waals surface area contributed by atoms with Crippen LogP contribution < -0.4 is 0 Å². The molecule has 1 fully saturated rings. The van der Waals surface area contributed by atoms with Crippen LogP contribution in [0, 0.1) is 0 Å². The van der Waals surface area contributed by atoms with E-state index in [1.54, 1.807) is 0 Å². The number of aliphatic hydroxyl groups is 1. The number of allylic oxidation sites excluding steroid dienone is 1. The Bertz CT molecular complexity index is 1180. The molecule has 1 aromatic heterocycles. The fourth-order valence-corrected chi connectivity index (χ4v) is 4.92. The van der Waals surface area contributed by atoms with E-state index >= 15 is 0 Å². The minimum absolute atomic E-state index is 0.0562. The van der Waals surface area contributed by atoms with Gasteiger partial charge in [0.2, 0.25) is 0 Å². The van der Waals surface area contributed by atoms with Gasteiger partial charge in [0.15, 0.2) is 0 Å². The second-order valence-electron chi connectivity index (χ2n) is 8.40. The number of amides is 1. The lowest BCUT2D eigenvalue weighted by Gasteiger charge is -2.31. The van der Waals surface area contributed by atoms with Crippen LogP contribution in [-0.2, 0) is 6.42 Å². The fraction of sp³-hybridized carbons (Fsp3) is 0.308. The Labute approximate surface area is 187 Å². The first kappa shape index (κ1) is 20.2. The van der Waals surface area contributed by atoms with Gasteiger partial charge in [-0.2, -0.15) is 0 Å². The third kappa shape index (κ3) is 3.86. The molecule has 4 nitrogen and oxygen atoms in total. The van der Waals surface area contributed by atoms with E-state index in [-0.39, 0.29) is 12.0 Å². The summed E-state index contributed by atoms with van der Waals surface area (Å²) in [6, 6.07) is 15.7. The molecule has 5 rings (SSSR count). The Morgan fingerprint density at radius 2 is 1.81 bits per heavy atom. The zero-order valence-electron chi connectivity index (χ0n) is 17.4. The van der Waals surface area contributed by atoms with Crippen molar-refractivity contribution in [2.45, 2.75) is 38.2 Å². The predicted octanol–water partition coefficient (Wildman–Crippen LogP) is 5.36. The number of carbonyl (C=O) groups is 1. The summed E-state index contributed by atoms with van der Waals surface area (Å²) in [5.41, 5.74) is 5.68. The number of aromatic nitrogens is 1. The van der Waals surface area contributed by atoms with Crippen molar-refractivity contribution >= 4 is 40.1 Å². The maximum absolute atomic E-state index is 13.7. The van der Waals surface area contributed by atoms with Crippen LogP contribution in [0.4, 0.5) is 0 Å². The van der Waals surface area contributed by atoms with Gasteiger partial charge < -0.3 is 10.0 Å². The van der Waals surface area contributed by atoms with Gasteiger partial charge >= 0.3 is 0 Å². The first-order chi connectivity index (χ1) is 15.1. The monoisotopic (exact) mass is 432 g/mol. The van der Waals surface area contributed by atoms with Crippen molar-refractivity contribution in [3.63, 3.8) is 0 Å². The number of carbonyl (C=O) groups excluding carboxylic acids is 1. The normalized spacial score (nSPS) is 18.4. The SMILES string of the molecule is O=C(c1c2c(nc3ccccc13)/C(=C\c1ccccc1Cl)CCC2)N1CCC(O)CC1. The molecule has 2 aromatic carbocycles. The molecule has 31 heavy (non-hydrogen) atoms. The van der Waals surface area contributed by atoms with E-state index in [0.717, 1.165) is 58.1 Å². The van der Waals surface area contributed by atoms with E-state index in [4.69, 9.17) is 16.6 Å². The molecule has 0 spiro atoms. The molecule has 0 unspecified atom stereocenters. The first-order valence-corrected chi connectivity index (χ1v) is 11.3. The van der Waals surface area contributed by atoms with Crippen LogP contribution in [0.2, 0.25) is 5.02 Å². The van der Waals surface area contributed by atoms with Crippen molar-refractivity contribution in [2.75, 3.05) is 13.1 Å². The second kappa shape index (κ2) is 8.45. The van der Waals surface area contributed by atoms with Gasteiger partial charge in [-0.05, 0) is 67.0 Å². The highest BCUT2D eigenvalue weighted by atomic mass is 35.5. The highest BCUT2D eigenvalue weighted by Crippen LogP contribution is 2.37. The van der Waals surface area contributed by atoms with Gasteiger partial charge in [0.1, 0.15) is 0 Å². The van der Waals surface area contributed by atoms with E-state index in [9.17, 15) is 9.90 Å².